The molecule has 0 saturated heterocycles. The van der Waals surface area contributed by atoms with Crippen molar-refractivity contribution in [2.45, 2.75) is 57.9 Å². The summed E-state index contributed by atoms with van der Waals surface area (Å²) in [6.45, 7) is 8.98. The first-order valence-electron chi connectivity index (χ1n) is 14.5. The molecule has 0 bridgehead atoms. The number of nitrogens with two attached hydrogens (primary N) is 1. The van der Waals surface area contributed by atoms with Crippen LogP contribution < -0.4 is 14.9 Å². The Morgan fingerprint density at radius 2 is 1.60 bits per heavy atom. The van der Waals surface area contributed by atoms with Crippen molar-refractivity contribution in [2.24, 2.45) is 17.6 Å². The van der Waals surface area contributed by atoms with Crippen LogP contribution >= 0.6 is 0 Å². The smallest absolute Gasteiger partial charge is 0.248 e. The van der Waals surface area contributed by atoms with Gasteiger partial charge in [-0.05, 0) is 55.4 Å². The minimum atomic E-state index is -3.63. The molecule has 222 valence electrons. The van der Waals surface area contributed by atoms with Crippen LogP contribution in [-0.4, -0.2) is 42.4 Å². The maximum atomic E-state index is 13.2. The highest BCUT2D eigenvalue weighted by Gasteiger charge is 2.35. The van der Waals surface area contributed by atoms with Crippen LogP contribution in [0.1, 0.15) is 63.1 Å². The molecule has 0 aliphatic heterocycles. The quantitative estimate of drug-likeness (QED) is 0.222. The Kier molecular flexibility index (Phi) is 8.65. The van der Waals surface area contributed by atoms with Crippen molar-refractivity contribution in [2.75, 3.05) is 22.8 Å². The average Bonchev–Trinajstić information content (AvgIpc) is 3.47. The number of hydrogen-bond donors (Lipinski definition) is 1. The largest absolute Gasteiger partial charge is 0.420 e. The second-order valence-corrected chi connectivity index (χ2v) is 14.2. The molecule has 2 heterocycles. The Morgan fingerprint density at radius 3 is 2.21 bits per heavy atom. The number of hydrogen-bond acceptors (Lipinski definition) is 8. The van der Waals surface area contributed by atoms with Crippen LogP contribution in [0.4, 0.5) is 11.6 Å². The number of nitrogens with zero attached hydrogens (tertiary/aromatic N) is 5. The van der Waals surface area contributed by atoms with Crippen LogP contribution in [0.2, 0.25) is 0 Å². The summed E-state index contributed by atoms with van der Waals surface area (Å²) >= 11 is 0. The normalized spacial score (nSPS) is 18.1. The minimum absolute atomic E-state index is 0.232. The van der Waals surface area contributed by atoms with E-state index in [1.807, 2.05) is 61.5 Å². The second-order valence-electron chi connectivity index (χ2n) is 11.6. The summed E-state index contributed by atoms with van der Waals surface area (Å²) in [5, 5.41) is 8.09. The van der Waals surface area contributed by atoms with E-state index < -0.39 is 15.3 Å². The van der Waals surface area contributed by atoms with Crippen molar-refractivity contribution in [3.8, 4) is 11.5 Å². The fraction of sp³-hybridized carbons (Fsp3) is 0.406. The molecule has 2 aromatic carbocycles. The monoisotopic (exact) mass is 588 g/mol. The van der Waals surface area contributed by atoms with E-state index in [9.17, 15) is 8.42 Å². The summed E-state index contributed by atoms with van der Waals surface area (Å²) in [5.41, 5.74) is 9.26. The molecular weight excluding hydrogens is 548 g/mol. The van der Waals surface area contributed by atoms with Gasteiger partial charge in [0, 0.05) is 31.7 Å². The SMILES string of the molecule is CC1CC1CN(Cc1ccccc1)c1cc(-c2nnc([C@H](C)C(N)c3ccccc3)o2)cc(N(C)S(=O)(=O)C(C)C)n1. The van der Waals surface area contributed by atoms with E-state index in [0.717, 1.165) is 24.1 Å². The zero-order chi connectivity index (χ0) is 30.0. The highest BCUT2D eigenvalue weighted by molar-refractivity contribution is 7.93. The molecule has 42 heavy (non-hydrogen) atoms. The van der Waals surface area contributed by atoms with Crippen molar-refractivity contribution in [1.29, 1.82) is 0 Å². The second kappa shape index (κ2) is 12.2. The molecule has 3 unspecified atom stereocenters. The molecule has 0 amide bonds. The Balaban J connectivity index is 1.54. The third-order valence-electron chi connectivity index (χ3n) is 8.17. The van der Waals surface area contributed by atoms with E-state index in [-0.39, 0.29) is 17.9 Å². The van der Waals surface area contributed by atoms with Crippen LogP contribution in [0.5, 0.6) is 0 Å². The third kappa shape index (κ3) is 6.50. The number of aromatic nitrogens is 3. The molecule has 2 N–H and O–H groups in total. The number of benzene rings is 2. The molecule has 0 radical (unpaired) electrons. The predicted octanol–water partition coefficient (Wildman–Crippen LogP) is 5.77. The summed E-state index contributed by atoms with van der Waals surface area (Å²) < 4.78 is 33.8. The number of rotatable bonds is 12. The molecule has 5 rings (SSSR count). The zero-order valence-electron chi connectivity index (χ0n) is 24.9. The van der Waals surface area contributed by atoms with E-state index in [1.165, 1.54) is 11.4 Å². The molecule has 4 atom stereocenters. The summed E-state index contributed by atoms with van der Waals surface area (Å²) in [7, 11) is -2.09. The summed E-state index contributed by atoms with van der Waals surface area (Å²) in [6.07, 6.45) is 1.16. The van der Waals surface area contributed by atoms with Gasteiger partial charge in [0.15, 0.2) is 0 Å². The van der Waals surface area contributed by atoms with Crippen LogP contribution in [0, 0.1) is 11.8 Å². The van der Waals surface area contributed by atoms with Gasteiger partial charge in [0.1, 0.15) is 11.6 Å². The third-order valence-corrected chi connectivity index (χ3v) is 10.3. The van der Waals surface area contributed by atoms with Crippen LogP contribution in [0.15, 0.2) is 77.2 Å². The maximum Gasteiger partial charge on any atom is 0.248 e. The number of sulfonamides is 1. The maximum absolute atomic E-state index is 13.2. The van der Waals surface area contributed by atoms with Crippen molar-refractivity contribution in [3.05, 3.63) is 89.8 Å². The van der Waals surface area contributed by atoms with Crippen molar-refractivity contribution in [1.82, 2.24) is 15.2 Å². The predicted molar refractivity (Wildman–Crippen MR) is 167 cm³/mol. The van der Waals surface area contributed by atoms with Crippen molar-refractivity contribution < 1.29 is 12.8 Å². The summed E-state index contributed by atoms with van der Waals surface area (Å²) in [4.78, 5) is 7.10. The van der Waals surface area contributed by atoms with Crippen LogP contribution in [0.25, 0.3) is 11.5 Å². The number of anilines is 2. The molecule has 0 spiro atoms. The van der Waals surface area contributed by atoms with Gasteiger partial charge in [0.2, 0.25) is 21.8 Å². The first kappa shape index (κ1) is 29.7. The van der Waals surface area contributed by atoms with Gasteiger partial charge in [-0.15, -0.1) is 10.2 Å². The Morgan fingerprint density at radius 1 is 0.976 bits per heavy atom. The van der Waals surface area contributed by atoms with Crippen molar-refractivity contribution >= 4 is 21.7 Å². The molecule has 9 nitrogen and oxygen atoms in total. The van der Waals surface area contributed by atoms with E-state index in [0.29, 0.717) is 41.5 Å². The Bertz CT molecular complexity index is 1590. The van der Waals surface area contributed by atoms with E-state index in [4.69, 9.17) is 15.1 Å². The van der Waals surface area contributed by atoms with E-state index in [2.05, 4.69) is 34.2 Å². The molecule has 10 heteroatoms. The minimum Gasteiger partial charge on any atom is -0.420 e. The molecule has 1 saturated carbocycles. The molecular formula is C32H40N6O3S. The first-order valence-corrected chi connectivity index (χ1v) is 16.0. The highest BCUT2D eigenvalue weighted by atomic mass is 32.2. The lowest BCUT2D eigenvalue weighted by Gasteiger charge is -2.27. The molecule has 1 fully saturated rings. The van der Waals surface area contributed by atoms with Gasteiger partial charge < -0.3 is 15.1 Å². The van der Waals surface area contributed by atoms with Gasteiger partial charge in [-0.3, -0.25) is 4.31 Å². The summed E-state index contributed by atoms with van der Waals surface area (Å²) in [5.74, 6) is 2.62. The zero-order valence-corrected chi connectivity index (χ0v) is 25.7. The van der Waals surface area contributed by atoms with Crippen LogP contribution in [0.3, 0.4) is 0 Å². The van der Waals surface area contributed by atoms with Gasteiger partial charge in [-0.1, -0.05) is 74.5 Å². The van der Waals surface area contributed by atoms with Crippen molar-refractivity contribution in [3.63, 3.8) is 0 Å². The lowest BCUT2D eigenvalue weighted by Crippen LogP contribution is -2.34. The molecule has 2 aromatic heterocycles. The lowest BCUT2D eigenvalue weighted by molar-refractivity contribution is 0.431. The fourth-order valence-corrected chi connectivity index (χ4v) is 6.01. The molecule has 1 aliphatic carbocycles. The highest BCUT2D eigenvalue weighted by Crippen LogP contribution is 2.40. The number of pyridine rings is 1. The van der Waals surface area contributed by atoms with Gasteiger partial charge >= 0.3 is 0 Å². The topological polar surface area (TPSA) is 118 Å². The lowest BCUT2D eigenvalue weighted by atomic mass is 9.95. The van der Waals surface area contributed by atoms with Gasteiger partial charge in [-0.2, -0.15) is 0 Å². The van der Waals surface area contributed by atoms with E-state index in [1.54, 1.807) is 19.9 Å². The molecule has 4 aromatic rings. The van der Waals surface area contributed by atoms with Gasteiger partial charge in [0.05, 0.1) is 11.2 Å². The summed E-state index contributed by atoms with van der Waals surface area (Å²) in [6, 6.07) is 23.3. The fourth-order valence-electron chi connectivity index (χ4n) is 5.03. The van der Waals surface area contributed by atoms with Gasteiger partial charge in [0.25, 0.3) is 0 Å². The first-order chi connectivity index (χ1) is 20.0. The standard InChI is InChI=1S/C32H40N6O3S/c1-21(2)42(39,40)37(5)28-17-26(32-36-35-31(41-32)23(4)30(33)25-14-10-7-11-15-25)18-29(34-28)38(20-27-16-22(27)3)19-24-12-8-6-9-13-24/h6-15,17-18,21-23,27,30H,16,19-20,33H2,1-5H3/t22?,23-,27?,30?/m1/s1. The average molecular weight is 589 g/mol. The Hall–Kier alpha value is -3.76. The van der Waals surface area contributed by atoms with Gasteiger partial charge in [-0.25, -0.2) is 13.4 Å². The van der Waals surface area contributed by atoms with Crippen LogP contribution in [-0.2, 0) is 16.6 Å². The Labute approximate surface area is 248 Å². The molecule has 1 aliphatic rings. The van der Waals surface area contributed by atoms with E-state index >= 15 is 0 Å².